The molecule has 2 radical (unpaired) electrons. The van der Waals surface area contributed by atoms with Crippen LogP contribution in [-0.2, 0) is 10.0 Å². The van der Waals surface area contributed by atoms with E-state index in [0.29, 0.717) is 11.2 Å². The molecule has 0 amide bonds. The summed E-state index contributed by atoms with van der Waals surface area (Å²) >= 11 is 1.46. The summed E-state index contributed by atoms with van der Waals surface area (Å²) in [5.74, 6) is 0. The van der Waals surface area contributed by atoms with Gasteiger partial charge in [0.05, 0.1) is 26.3 Å². The van der Waals surface area contributed by atoms with Crippen LogP contribution in [0.15, 0.2) is 52.9 Å². The molecular weight excluding hydrogens is 291 g/mol. The predicted octanol–water partition coefficient (Wildman–Crippen LogP) is 1.89. The number of anilines is 1. The zero-order chi connectivity index (χ0) is 14.2. The molecule has 0 aliphatic rings. The smallest absolute Gasteiger partial charge is 0.261 e. The Bertz CT molecular complexity index is 875. The number of nitrogens with zero attached hydrogens (tertiary/aromatic N) is 1. The Morgan fingerprint density at radius 2 is 2.00 bits per heavy atom. The van der Waals surface area contributed by atoms with Crippen molar-refractivity contribution < 1.29 is 8.42 Å². The van der Waals surface area contributed by atoms with Crippen LogP contribution in [-0.4, -0.2) is 21.2 Å². The SMILES string of the molecule is [B]c1cccc(S(=O)(=O)Nc2ccc3ncsc3c2)c1. The molecule has 1 heterocycles. The third kappa shape index (κ3) is 2.55. The first-order valence-electron chi connectivity index (χ1n) is 5.76. The van der Waals surface area contributed by atoms with Crippen molar-refractivity contribution in [3.8, 4) is 0 Å². The molecule has 20 heavy (non-hydrogen) atoms. The fourth-order valence-electron chi connectivity index (χ4n) is 1.81. The largest absolute Gasteiger partial charge is 0.280 e. The van der Waals surface area contributed by atoms with E-state index in [0.717, 1.165) is 10.2 Å². The molecule has 1 N–H and O–H groups in total. The van der Waals surface area contributed by atoms with Crippen LogP contribution in [0.3, 0.4) is 0 Å². The zero-order valence-corrected chi connectivity index (χ0v) is 11.9. The van der Waals surface area contributed by atoms with Crippen LogP contribution in [0.5, 0.6) is 0 Å². The molecule has 4 nitrogen and oxygen atoms in total. The van der Waals surface area contributed by atoms with Crippen molar-refractivity contribution in [2.24, 2.45) is 0 Å². The van der Waals surface area contributed by atoms with E-state index in [9.17, 15) is 8.42 Å². The molecular formula is C13H9BN2O2S2. The first-order valence-corrected chi connectivity index (χ1v) is 8.12. The van der Waals surface area contributed by atoms with Gasteiger partial charge in [0, 0.05) is 0 Å². The number of rotatable bonds is 3. The van der Waals surface area contributed by atoms with Crippen LogP contribution in [0, 0.1) is 0 Å². The lowest BCUT2D eigenvalue weighted by Gasteiger charge is -2.08. The second-order valence-corrected chi connectivity index (χ2v) is 6.78. The Morgan fingerprint density at radius 3 is 2.80 bits per heavy atom. The molecule has 0 spiro atoms. The van der Waals surface area contributed by atoms with Crippen molar-refractivity contribution in [3.05, 3.63) is 48.0 Å². The third-order valence-electron chi connectivity index (χ3n) is 2.75. The van der Waals surface area contributed by atoms with Crippen LogP contribution < -0.4 is 10.2 Å². The fourth-order valence-corrected chi connectivity index (χ4v) is 3.63. The summed E-state index contributed by atoms with van der Waals surface area (Å²) in [6.45, 7) is 0. The number of hydrogen-bond donors (Lipinski definition) is 1. The van der Waals surface area contributed by atoms with Crippen LogP contribution in [0.2, 0.25) is 0 Å². The summed E-state index contributed by atoms with van der Waals surface area (Å²) in [7, 11) is 1.98. The molecule has 3 aromatic rings. The highest BCUT2D eigenvalue weighted by Gasteiger charge is 2.14. The first kappa shape index (κ1) is 13.1. The summed E-state index contributed by atoms with van der Waals surface area (Å²) in [6, 6.07) is 11.4. The molecule has 0 aliphatic carbocycles. The van der Waals surface area contributed by atoms with Crippen LogP contribution in [0.1, 0.15) is 0 Å². The van der Waals surface area contributed by atoms with Gasteiger partial charge in [-0.25, -0.2) is 13.4 Å². The van der Waals surface area contributed by atoms with Gasteiger partial charge < -0.3 is 0 Å². The van der Waals surface area contributed by atoms with E-state index >= 15 is 0 Å². The number of sulfonamides is 1. The van der Waals surface area contributed by atoms with Gasteiger partial charge in [0.15, 0.2) is 0 Å². The van der Waals surface area contributed by atoms with Gasteiger partial charge in [-0.2, -0.15) is 0 Å². The Labute approximate surface area is 121 Å². The molecule has 0 atom stereocenters. The molecule has 0 saturated carbocycles. The number of fused-ring (bicyclic) bond motifs is 1. The maximum absolute atomic E-state index is 12.2. The van der Waals surface area contributed by atoms with E-state index in [1.165, 1.54) is 23.5 Å². The number of benzene rings is 2. The average molecular weight is 300 g/mol. The van der Waals surface area contributed by atoms with Gasteiger partial charge in [0.2, 0.25) is 0 Å². The van der Waals surface area contributed by atoms with Crippen molar-refractivity contribution >= 4 is 50.6 Å². The normalized spacial score (nSPS) is 11.6. The van der Waals surface area contributed by atoms with Gasteiger partial charge >= 0.3 is 0 Å². The molecule has 0 saturated heterocycles. The van der Waals surface area contributed by atoms with E-state index in [-0.39, 0.29) is 4.90 Å². The lowest BCUT2D eigenvalue weighted by atomic mass is 9.97. The molecule has 0 aliphatic heterocycles. The van der Waals surface area contributed by atoms with Gasteiger partial charge in [-0.1, -0.05) is 17.6 Å². The standard InChI is InChI=1S/C13H9BN2O2S2/c14-9-2-1-3-11(6-9)20(17,18)16-10-4-5-12-13(7-10)19-8-15-12/h1-8,16H. The monoisotopic (exact) mass is 300 g/mol. The third-order valence-corrected chi connectivity index (χ3v) is 4.92. The second kappa shape index (κ2) is 4.92. The minimum atomic E-state index is -3.63. The van der Waals surface area contributed by atoms with Crippen molar-refractivity contribution in [1.29, 1.82) is 0 Å². The quantitative estimate of drug-likeness (QED) is 0.751. The molecule has 3 rings (SSSR count). The van der Waals surface area contributed by atoms with Gasteiger partial charge in [-0.3, -0.25) is 4.72 Å². The first-order chi connectivity index (χ1) is 9.54. The highest BCUT2D eigenvalue weighted by Crippen LogP contribution is 2.23. The van der Waals surface area contributed by atoms with Crippen LogP contribution in [0.4, 0.5) is 5.69 Å². The lowest BCUT2D eigenvalue weighted by molar-refractivity contribution is 0.601. The molecule has 1 aromatic heterocycles. The Kier molecular flexibility index (Phi) is 3.23. The highest BCUT2D eigenvalue weighted by atomic mass is 32.2. The Morgan fingerprint density at radius 1 is 1.15 bits per heavy atom. The summed E-state index contributed by atoms with van der Waals surface area (Å²) < 4.78 is 28.0. The van der Waals surface area contributed by atoms with E-state index in [2.05, 4.69) is 9.71 Å². The van der Waals surface area contributed by atoms with Crippen LogP contribution in [0.25, 0.3) is 10.2 Å². The molecule has 98 valence electrons. The molecule has 0 unspecified atom stereocenters. The van der Waals surface area contributed by atoms with Crippen LogP contribution >= 0.6 is 11.3 Å². The Balaban J connectivity index is 1.96. The van der Waals surface area contributed by atoms with Crippen molar-refractivity contribution in [2.75, 3.05) is 4.72 Å². The van der Waals surface area contributed by atoms with Gasteiger partial charge in [0.25, 0.3) is 10.0 Å². The molecule has 0 bridgehead atoms. The molecule has 2 aromatic carbocycles. The maximum Gasteiger partial charge on any atom is 0.261 e. The minimum absolute atomic E-state index is 0.141. The topological polar surface area (TPSA) is 59.1 Å². The minimum Gasteiger partial charge on any atom is -0.280 e. The summed E-state index contributed by atoms with van der Waals surface area (Å²) in [5, 5.41) is 0. The van der Waals surface area contributed by atoms with Crippen molar-refractivity contribution in [2.45, 2.75) is 4.90 Å². The van der Waals surface area contributed by atoms with E-state index in [4.69, 9.17) is 7.85 Å². The number of nitrogens with one attached hydrogen (secondary N) is 1. The number of hydrogen-bond acceptors (Lipinski definition) is 4. The summed E-state index contributed by atoms with van der Waals surface area (Å²) in [4.78, 5) is 4.29. The van der Waals surface area contributed by atoms with Gasteiger partial charge in [-0.15, -0.1) is 11.3 Å². The Hall–Kier alpha value is -1.86. The van der Waals surface area contributed by atoms with Gasteiger partial charge in [0.1, 0.15) is 7.85 Å². The second-order valence-electron chi connectivity index (χ2n) is 4.21. The van der Waals surface area contributed by atoms with E-state index < -0.39 is 10.0 Å². The van der Waals surface area contributed by atoms with Crippen molar-refractivity contribution in [3.63, 3.8) is 0 Å². The highest BCUT2D eigenvalue weighted by molar-refractivity contribution is 7.92. The summed E-state index contributed by atoms with van der Waals surface area (Å²) in [5.41, 5.74) is 3.48. The zero-order valence-electron chi connectivity index (χ0n) is 10.3. The maximum atomic E-state index is 12.2. The predicted molar refractivity (Wildman–Crippen MR) is 82.3 cm³/mol. The summed E-state index contributed by atoms with van der Waals surface area (Å²) in [6.07, 6.45) is 0. The fraction of sp³-hybridized carbons (Fsp3) is 0. The molecule has 0 fully saturated rings. The van der Waals surface area contributed by atoms with E-state index in [1.54, 1.807) is 35.8 Å². The average Bonchev–Trinajstić information content (AvgIpc) is 2.85. The molecule has 7 heteroatoms. The van der Waals surface area contributed by atoms with E-state index in [1.807, 2.05) is 0 Å². The lowest BCUT2D eigenvalue weighted by Crippen LogP contribution is -2.15. The number of thiazole rings is 1. The van der Waals surface area contributed by atoms with Crippen molar-refractivity contribution in [1.82, 2.24) is 4.98 Å². The van der Waals surface area contributed by atoms with Gasteiger partial charge in [-0.05, 0) is 30.3 Å². The number of aromatic nitrogens is 1.